The van der Waals surface area contributed by atoms with E-state index in [1.807, 2.05) is 36.4 Å². The number of nitrogens with one attached hydrogen (secondary N) is 1. The molecule has 1 amide bonds. The number of hydrogen-bond donors (Lipinski definition) is 1. The number of rotatable bonds is 8. The summed E-state index contributed by atoms with van der Waals surface area (Å²) in [6.07, 6.45) is 0. The van der Waals surface area contributed by atoms with Crippen LogP contribution in [0, 0.1) is 0 Å². The molecule has 0 radical (unpaired) electrons. The molecule has 0 bridgehead atoms. The van der Waals surface area contributed by atoms with E-state index in [0.717, 1.165) is 13.1 Å². The fourth-order valence-electron chi connectivity index (χ4n) is 2.55. The molecule has 0 aliphatic carbocycles. The molecule has 0 atom stereocenters. The summed E-state index contributed by atoms with van der Waals surface area (Å²) < 4.78 is 5.30. The van der Waals surface area contributed by atoms with Gasteiger partial charge in [0.05, 0.1) is 19.3 Å². The molecule has 0 spiro atoms. The summed E-state index contributed by atoms with van der Waals surface area (Å²) >= 11 is 3.42. The maximum absolute atomic E-state index is 12.5. The average molecular weight is 373 g/mol. The minimum absolute atomic E-state index is 0.0439. The normalized spacial score (nSPS) is 10.8. The van der Waals surface area contributed by atoms with Gasteiger partial charge < -0.3 is 10.1 Å². The topological polar surface area (TPSA) is 41.6 Å². The van der Waals surface area contributed by atoms with Crippen LogP contribution in [0.15, 0.2) is 59.3 Å². The lowest BCUT2D eigenvalue weighted by Gasteiger charge is -2.21. The molecule has 3 aromatic rings. The highest BCUT2D eigenvalue weighted by atomic mass is 32.1. The molecule has 2 aromatic heterocycles. The second-order valence-corrected chi connectivity index (χ2v) is 7.62. The predicted molar refractivity (Wildman–Crippen MR) is 104 cm³/mol. The highest BCUT2D eigenvalue weighted by Crippen LogP contribution is 2.23. The molecule has 0 fully saturated rings. The lowest BCUT2D eigenvalue weighted by molar-refractivity contribution is -0.117. The lowest BCUT2D eigenvalue weighted by Crippen LogP contribution is -2.32. The van der Waals surface area contributed by atoms with Gasteiger partial charge >= 0.3 is 0 Å². The van der Waals surface area contributed by atoms with Crippen molar-refractivity contribution in [1.82, 2.24) is 4.90 Å². The van der Waals surface area contributed by atoms with Gasteiger partial charge in [0.2, 0.25) is 5.91 Å². The second-order valence-electron chi connectivity index (χ2n) is 5.55. The Hall–Kier alpha value is -2.15. The zero-order chi connectivity index (χ0) is 17.5. The zero-order valence-corrected chi connectivity index (χ0v) is 15.6. The van der Waals surface area contributed by atoms with Gasteiger partial charge in [0.1, 0.15) is 5.75 Å². The highest BCUT2D eigenvalue weighted by molar-refractivity contribution is 7.10. The van der Waals surface area contributed by atoms with Crippen LogP contribution in [0.2, 0.25) is 0 Å². The van der Waals surface area contributed by atoms with Gasteiger partial charge in [-0.25, -0.2) is 0 Å². The third-order valence-corrected chi connectivity index (χ3v) is 5.39. The van der Waals surface area contributed by atoms with E-state index in [2.05, 4.69) is 33.1 Å². The van der Waals surface area contributed by atoms with Crippen LogP contribution in [0.1, 0.15) is 9.75 Å². The number of nitrogens with zero attached hydrogens (tertiary/aromatic N) is 1. The van der Waals surface area contributed by atoms with Crippen LogP contribution in [0.5, 0.6) is 5.75 Å². The van der Waals surface area contributed by atoms with Crippen LogP contribution >= 0.6 is 22.7 Å². The largest absolute Gasteiger partial charge is 0.495 e. The van der Waals surface area contributed by atoms with Gasteiger partial charge in [0.15, 0.2) is 0 Å². The minimum atomic E-state index is -0.0439. The monoisotopic (exact) mass is 372 g/mol. The maximum atomic E-state index is 12.5. The number of hydrogen-bond acceptors (Lipinski definition) is 5. The van der Waals surface area contributed by atoms with E-state index in [1.165, 1.54) is 9.75 Å². The average Bonchev–Trinajstić information content (AvgIpc) is 3.29. The van der Waals surface area contributed by atoms with Crippen molar-refractivity contribution in [3.05, 3.63) is 69.0 Å². The number of benzene rings is 1. The first-order valence-corrected chi connectivity index (χ1v) is 9.70. The van der Waals surface area contributed by atoms with Crippen LogP contribution in [-0.4, -0.2) is 24.5 Å². The van der Waals surface area contributed by atoms with E-state index in [1.54, 1.807) is 29.8 Å². The van der Waals surface area contributed by atoms with Crippen molar-refractivity contribution in [3.63, 3.8) is 0 Å². The SMILES string of the molecule is COc1ccccc1NC(=O)CN(Cc1cccs1)Cc1cccs1. The smallest absolute Gasteiger partial charge is 0.238 e. The Morgan fingerprint density at radius 1 is 1.00 bits per heavy atom. The zero-order valence-electron chi connectivity index (χ0n) is 14.0. The van der Waals surface area contributed by atoms with Crippen LogP contribution in [-0.2, 0) is 17.9 Å². The van der Waals surface area contributed by atoms with Gasteiger partial charge in [-0.05, 0) is 35.0 Å². The number of ether oxygens (including phenoxy) is 1. The Morgan fingerprint density at radius 3 is 2.20 bits per heavy atom. The fourth-order valence-corrected chi connectivity index (χ4v) is 4.05. The van der Waals surface area contributed by atoms with Crippen molar-refractivity contribution in [2.45, 2.75) is 13.1 Å². The van der Waals surface area contributed by atoms with Gasteiger partial charge in [0.25, 0.3) is 0 Å². The van der Waals surface area contributed by atoms with Gasteiger partial charge in [0, 0.05) is 22.8 Å². The Labute approximate surface area is 155 Å². The third-order valence-electron chi connectivity index (χ3n) is 3.67. The summed E-state index contributed by atoms with van der Waals surface area (Å²) in [6.45, 7) is 1.84. The lowest BCUT2D eigenvalue weighted by atomic mass is 10.3. The van der Waals surface area contributed by atoms with Crippen molar-refractivity contribution < 1.29 is 9.53 Å². The molecule has 0 unspecified atom stereocenters. The fraction of sp³-hybridized carbons (Fsp3) is 0.211. The summed E-state index contributed by atoms with van der Waals surface area (Å²) in [6, 6.07) is 15.7. The van der Waals surface area contributed by atoms with Crippen molar-refractivity contribution in [2.75, 3.05) is 19.0 Å². The predicted octanol–water partition coefficient (Wildman–Crippen LogP) is 4.46. The van der Waals surface area contributed by atoms with Crippen LogP contribution < -0.4 is 10.1 Å². The van der Waals surface area contributed by atoms with Gasteiger partial charge in [-0.15, -0.1) is 22.7 Å². The summed E-state index contributed by atoms with van der Waals surface area (Å²) in [5.41, 5.74) is 0.696. The van der Waals surface area contributed by atoms with E-state index in [4.69, 9.17) is 4.74 Å². The van der Waals surface area contributed by atoms with Crippen LogP contribution in [0.3, 0.4) is 0 Å². The molecule has 2 heterocycles. The summed E-state index contributed by atoms with van der Waals surface area (Å²) in [4.78, 5) is 17.2. The highest BCUT2D eigenvalue weighted by Gasteiger charge is 2.14. The molecule has 4 nitrogen and oxygen atoms in total. The molecule has 25 heavy (non-hydrogen) atoms. The number of carbonyl (C=O) groups is 1. The first-order valence-electron chi connectivity index (χ1n) is 7.94. The van der Waals surface area contributed by atoms with E-state index < -0.39 is 0 Å². The number of para-hydroxylation sites is 2. The molecule has 0 saturated heterocycles. The number of carbonyl (C=O) groups excluding carboxylic acids is 1. The van der Waals surface area contributed by atoms with Crippen LogP contribution in [0.25, 0.3) is 0 Å². The standard InChI is InChI=1S/C19H20N2O2S2/c1-23-18-9-3-2-8-17(18)20-19(22)14-21(12-15-6-4-10-24-15)13-16-7-5-11-25-16/h2-11H,12-14H2,1H3,(H,20,22). The molecule has 0 aliphatic rings. The van der Waals surface area contributed by atoms with E-state index in [-0.39, 0.29) is 5.91 Å². The molecule has 0 aliphatic heterocycles. The quantitative estimate of drug-likeness (QED) is 0.635. The first-order chi connectivity index (χ1) is 12.2. The molecule has 3 rings (SSSR count). The summed E-state index contributed by atoms with van der Waals surface area (Å²) in [5, 5.41) is 7.08. The summed E-state index contributed by atoms with van der Waals surface area (Å²) in [7, 11) is 1.60. The summed E-state index contributed by atoms with van der Waals surface area (Å²) in [5.74, 6) is 0.622. The van der Waals surface area contributed by atoms with Crippen molar-refractivity contribution in [2.24, 2.45) is 0 Å². The van der Waals surface area contributed by atoms with Crippen LogP contribution in [0.4, 0.5) is 5.69 Å². The number of anilines is 1. The Balaban J connectivity index is 1.67. The second kappa shape index (κ2) is 8.80. The Bertz CT molecular complexity index is 749. The van der Waals surface area contributed by atoms with E-state index in [0.29, 0.717) is 18.0 Å². The Kier molecular flexibility index (Phi) is 6.22. The number of amides is 1. The molecular formula is C19H20N2O2S2. The molecule has 0 saturated carbocycles. The number of thiophene rings is 2. The molecular weight excluding hydrogens is 352 g/mol. The molecule has 1 N–H and O–H groups in total. The number of methoxy groups -OCH3 is 1. The third kappa shape index (κ3) is 5.16. The molecule has 1 aromatic carbocycles. The van der Waals surface area contributed by atoms with E-state index >= 15 is 0 Å². The van der Waals surface area contributed by atoms with Gasteiger partial charge in [-0.1, -0.05) is 24.3 Å². The van der Waals surface area contributed by atoms with E-state index in [9.17, 15) is 4.79 Å². The van der Waals surface area contributed by atoms with Crippen molar-refractivity contribution in [3.8, 4) is 5.75 Å². The van der Waals surface area contributed by atoms with Gasteiger partial charge in [-0.3, -0.25) is 9.69 Å². The van der Waals surface area contributed by atoms with Gasteiger partial charge in [-0.2, -0.15) is 0 Å². The maximum Gasteiger partial charge on any atom is 0.238 e. The van der Waals surface area contributed by atoms with Crippen molar-refractivity contribution in [1.29, 1.82) is 0 Å². The minimum Gasteiger partial charge on any atom is -0.495 e. The Morgan fingerprint density at radius 2 is 1.64 bits per heavy atom. The molecule has 130 valence electrons. The first kappa shape index (κ1) is 17.7. The van der Waals surface area contributed by atoms with Crippen molar-refractivity contribution >= 4 is 34.3 Å². The molecule has 6 heteroatoms.